The van der Waals surface area contributed by atoms with Crippen molar-refractivity contribution in [2.45, 2.75) is 6.04 Å². The first-order chi connectivity index (χ1) is 12.7. The third-order valence-corrected chi connectivity index (χ3v) is 3.98. The monoisotopic (exact) mass is 351 g/mol. The zero-order valence-electron chi connectivity index (χ0n) is 14.8. The molecule has 26 heavy (non-hydrogen) atoms. The lowest BCUT2D eigenvalue weighted by Crippen LogP contribution is -2.34. The normalized spacial score (nSPS) is 11.6. The first-order valence-electron chi connectivity index (χ1n) is 8.26. The Balaban J connectivity index is 1.75. The van der Waals surface area contributed by atoms with E-state index >= 15 is 0 Å². The SMILES string of the molecule is COc1ccc([C@H](NC(=O)COc2ccccc2)c2nccn2C)cc1. The molecule has 0 unspecified atom stereocenters. The first-order valence-corrected chi connectivity index (χ1v) is 8.26. The number of carbonyl (C=O) groups is 1. The highest BCUT2D eigenvalue weighted by Gasteiger charge is 2.21. The summed E-state index contributed by atoms with van der Waals surface area (Å²) in [6.07, 6.45) is 3.55. The lowest BCUT2D eigenvalue weighted by atomic mass is 10.1. The van der Waals surface area contributed by atoms with Crippen molar-refractivity contribution in [1.82, 2.24) is 14.9 Å². The Kier molecular flexibility index (Phi) is 5.53. The summed E-state index contributed by atoms with van der Waals surface area (Å²) in [5.74, 6) is 1.92. The maximum absolute atomic E-state index is 12.4. The highest BCUT2D eigenvalue weighted by molar-refractivity contribution is 5.78. The second kappa shape index (κ2) is 8.20. The molecule has 6 heteroatoms. The summed E-state index contributed by atoms with van der Waals surface area (Å²) in [6, 6.07) is 16.4. The van der Waals surface area contributed by atoms with Crippen LogP contribution in [-0.2, 0) is 11.8 Å². The van der Waals surface area contributed by atoms with Crippen LogP contribution in [0.15, 0.2) is 67.0 Å². The average molecular weight is 351 g/mol. The number of benzene rings is 2. The molecule has 0 aliphatic heterocycles. The maximum Gasteiger partial charge on any atom is 0.258 e. The summed E-state index contributed by atoms with van der Waals surface area (Å²) in [5, 5.41) is 3.00. The van der Waals surface area contributed by atoms with E-state index < -0.39 is 0 Å². The number of hydrogen-bond acceptors (Lipinski definition) is 4. The molecule has 0 saturated carbocycles. The molecule has 0 fully saturated rings. The van der Waals surface area contributed by atoms with Gasteiger partial charge in [0, 0.05) is 19.4 Å². The van der Waals surface area contributed by atoms with Crippen LogP contribution in [0, 0.1) is 0 Å². The van der Waals surface area contributed by atoms with Gasteiger partial charge in [0.25, 0.3) is 5.91 Å². The number of hydrogen-bond donors (Lipinski definition) is 1. The number of rotatable bonds is 7. The molecule has 134 valence electrons. The van der Waals surface area contributed by atoms with Gasteiger partial charge in [0.1, 0.15) is 23.4 Å². The second-order valence-electron chi connectivity index (χ2n) is 5.77. The standard InChI is InChI=1S/C20H21N3O3/c1-23-13-12-21-20(23)19(15-8-10-16(25-2)11-9-15)22-18(24)14-26-17-6-4-3-5-7-17/h3-13,19H,14H2,1-2H3,(H,22,24)/t19-/m0/s1. The van der Waals surface area contributed by atoms with Crippen LogP contribution in [0.3, 0.4) is 0 Å². The van der Waals surface area contributed by atoms with Crippen molar-refractivity contribution >= 4 is 5.91 Å². The second-order valence-corrected chi connectivity index (χ2v) is 5.77. The highest BCUT2D eigenvalue weighted by atomic mass is 16.5. The summed E-state index contributed by atoms with van der Waals surface area (Å²) in [7, 11) is 3.51. The molecule has 1 atom stereocenters. The number of nitrogens with zero attached hydrogens (tertiary/aromatic N) is 2. The molecule has 0 saturated heterocycles. The molecule has 1 heterocycles. The van der Waals surface area contributed by atoms with Crippen molar-refractivity contribution in [2.24, 2.45) is 7.05 Å². The number of para-hydroxylation sites is 1. The molecule has 1 amide bonds. The summed E-state index contributed by atoms with van der Waals surface area (Å²) < 4.78 is 12.6. The fraction of sp³-hybridized carbons (Fsp3) is 0.200. The lowest BCUT2D eigenvalue weighted by Gasteiger charge is -2.19. The smallest absolute Gasteiger partial charge is 0.258 e. The van der Waals surface area contributed by atoms with Crippen molar-refractivity contribution in [3.63, 3.8) is 0 Å². The quantitative estimate of drug-likeness (QED) is 0.711. The van der Waals surface area contributed by atoms with E-state index in [1.807, 2.05) is 72.4 Å². The number of amides is 1. The minimum absolute atomic E-state index is 0.0684. The van der Waals surface area contributed by atoms with Crippen molar-refractivity contribution in [2.75, 3.05) is 13.7 Å². The lowest BCUT2D eigenvalue weighted by molar-refractivity contribution is -0.123. The Labute approximate surface area is 152 Å². The van der Waals surface area contributed by atoms with Gasteiger partial charge in [-0.1, -0.05) is 30.3 Å². The predicted octanol–water partition coefficient (Wildman–Crippen LogP) is 2.71. The molecule has 0 aliphatic carbocycles. The molecule has 0 aliphatic rings. The van der Waals surface area contributed by atoms with Gasteiger partial charge in [0.05, 0.1) is 7.11 Å². The van der Waals surface area contributed by atoms with Crippen LogP contribution in [0.2, 0.25) is 0 Å². The van der Waals surface area contributed by atoms with Gasteiger partial charge in [-0.05, 0) is 29.8 Å². The fourth-order valence-electron chi connectivity index (χ4n) is 2.62. The van der Waals surface area contributed by atoms with Crippen LogP contribution in [0.5, 0.6) is 11.5 Å². The van der Waals surface area contributed by atoms with Gasteiger partial charge in [0.15, 0.2) is 6.61 Å². The number of aryl methyl sites for hydroxylation is 1. The number of ether oxygens (including phenoxy) is 2. The van der Waals surface area contributed by atoms with Crippen LogP contribution in [0.4, 0.5) is 0 Å². The van der Waals surface area contributed by atoms with E-state index in [-0.39, 0.29) is 18.6 Å². The molecular weight excluding hydrogens is 330 g/mol. The fourth-order valence-corrected chi connectivity index (χ4v) is 2.62. The Hall–Kier alpha value is -3.28. The van der Waals surface area contributed by atoms with E-state index in [0.29, 0.717) is 5.75 Å². The number of nitrogens with one attached hydrogen (secondary N) is 1. The third-order valence-electron chi connectivity index (χ3n) is 3.98. The third kappa shape index (κ3) is 4.22. The zero-order valence-corrected chi connectivity index (χ0v) is 14.8. The molecular formula is C20H21N3O3. The van der Waals surface area contributed by atoms with E-state index in [1.165, 1.54) is 0 Å². The van der Waals surface area contributed by atoms with Gasteiger partial charge in [0.2, 0.25) is 0 Å². The summed E-state index contributed by atoms with van der Waals surface area (Å²) >= 11 is 0. The van der Waals surface area contributed by atoms with Crippen LogP contribution in [0.1, 0.15) is 17.4 Å². The Morgan fingerprint density at radius 3 is 2.46 bits per heavy atom. The minimum Gasteiger partial charge on any atom is -0.497 e. The van der Waals surface area contributed by atoms with Crippen molar-refractivity contribution in [1.29, 1.82) is 0 Å². The summed E-state index contributed by atoms with van der Waals surface area (Å²) in [4.78, 5) is 16.8. The van der Waals surface area contributed by atoms with Crippen molar-refractivity contribution in [3.8, 4) is 11.5 Å². The molecule has 3 rings (SSSR count). The van der Waals surface area contributed by atoms with Gasteiger partial charge < -0.3 is 19.4 Å². The maximum atomic E-state index is 12.4. The molecule has 6 nitrogen and oxygen atoms in total. The first kappa shape index (κ1) is 17.5. The molecule has 0 spiro atoms. The Morgan fingerprint density at radius 1 is 1.12 bits per heavy atom. The van der Waals surface area contributed by atoms with Gasteiger partial charge in [-0.25, -0.2) is 4.98 Å². The zero-order chi connectivity index (χ0) is 18.4. The number of carbonyl (C=O) groups excluding carboxylic acids is 1. The molecule has 1 aromatic heterocycles. The highest BCUT2D eigenvalue weighted by Crippen LogP contribution is 2.23. The predicted molar refractivity (Wildman–Crippen MR) is 98.1 cm³/mol. The summed E-state index contributed by atoms with van der Waals surface area (Å²) in [6.45, 7) is -0.0684. The molecule has 1 N–H and O–H groups in total. The van der Waals surface area contributed by atoms with Crippen LogP contribution in [-0.4, -0.2) is 29.2 Å². The van der Waals surface area contributed by atoms with Gasteiger partial charge >= 0.3 is 0 Å². The molecule has 0 bridgehead atoms. The van der Waals surface area contributed by atoms with E-state index in [2.05, 4.69) is 10.3 Å². The Bertz CT molecular complexity index is 844. The van der Waals surface area contributed by atoms with E-state index in [4.69, 9.17) is 9.47 Å². The average Bonchev–Trinajstić information content (AvgIpc) is 3.11. The molecule has 3 aromatic rings. The van der Waals surface area contributed by atoms with Gasteiger partial charge in [-0.15, -0.1) is 0 Å². The summed E-state index contributed by atoms with van der Waals surface area (Å²) in [5.41, 5.74) is 0.910. The van der Waals surface area contributed by atoms with Crippen molar-refractivity contribution in [3.05, 3.63) is 78.4 Å². The van der Waals surface area contributed by atoms with Crippen LogP contribution >= 0.6 is 0 Å². The Morgan fingerprint density at radius 2 is 1.85 bits per heavy atom. The topological polar surface area (TPSA) is 65.4 Å². The van der Waals surface area contributed by atoms with E-state index in [0.717, 1.165) is 17.1 Å². The van der Waals surface area contributed by atoms with Crippen LogP contribution < -0.4 is 14.8 Å². The minimum atomic E-state index is -0.382. The number of methoxy groups -OCH3 is 1. The van der Waals surface area contributed by atoms with Crippen molar-refractivity contribution < 1.29 is 14.3 Å². The molecule has 2 aromatic carbocycles. The van der Waals surface area contributed by atoms with E-state index in [1.54, 1.807) is 13.3 Å². The largest absolute Gasteiger partial charge is 0.497 e. The van der Waals surface area contributed by atoms with Gasteiger partial charge in [-0.3, -0.25) is 4.79 Å². The van der Waals surface area contributed by atoms with Crippen LogP contribution in [0.25, 0.3) is 0 Å². The van der Waals surface area contributed by atoms with E-state index in [9.17, 15) is 4.79 Å². The molecule has 0 radical (unpaired) electrons. The van der Waals surface area contributed by atoms with Gasteiger partial charge in [-0.2, -0.15) is 0 Å². The number of imidazole rings is 1. The number of aromatic nitrogens is 2.